The standard InChI is InChI=1S/C18H24N2O5/c1-18(2,3)13-9-8-12(11-15(13)20(23)24)16(21)19-10-6-5-7-14(19)17(22)25-4/h8-9,11,14H,5-7,10H2,1-4H3. The van der Waals surface area contributed by atoms with Crippen LogP contribution in [0.1, 0.15) is 56.0 Å². The van der Waals surface area contributed by atoms with Crippen molar-refractivity contribution in [2.75, 3.05) is 13.7 Å². The smallest absolute Gasteiger partial charge is 0.328 e. The fourth-order valence-electron chi connectivity index (χ4n) is 3.17. The van der Waals surface area contributed by atoms with Crippen molar-refractivity contribution >= 4 is 17.6 Å². The summed E-state index contributed by atoms with van der Waals surface area (Å²) in [6, 6.07) is 3.90. The summed E-state index contributed by atoms with van der Waals surface area (Å²) in [5, 5.41) is 11.4. The lowest BCUT2D eigenvalue weighted by molar-refractivity contribution is -0.386. The molecule has 0 radical (unpaired) electrons. The first-order valence-electron chi connectivity index (χ1n) is 8.34. The maximum atomic E-state index is 12.9. The van der Waals surface area contributed by atoms with Crippen molar-refractivity contribution in [1.82, 2.24) is 4.90 Å². The van der Waals surface area contributed by atoms with E-state index >= 15 is 0 Å². The van der Waals surface area contributed by atoms with Crippen LogP contribution in [0.15, 0.2) is 18.2 Å². The summed E-state index contributed by atoms with van der Waals surface area (Å²) < 4.78 is 4.79. The van der Waals surface area contributed by atoms with Crippen molar-refractivity contribution in [3.8, 4) is 0 Å². The lowest BCUT2D eigenvalue weighted by atomic mass is 9.85. The Bertz CT molecular complexity index is 693. The number of methoxy groups -OCH3 is 1. The number of nitrogens with zero attached hydrogens (tertiary/aromatic N) is 2. The highest BCUT2D eigenvalue weighted by molar-refractivity contribution is 5.97. The van der Waals surface area contributed by atoms with Gasteiger partial charge in [-0.25, -0.2) is 4.79 Å². The number of hydrogen-bond acceptors (Lipinski definition) is 5. The number of nitro groups is 1. The van der Waals surface area contributed by atoms with E-state index in [1.165, 1.54) is 18.1 Å². The Hall–Kier alpha value is -2.44. The topological polar surface area (TPSA) is 89.8 Å². The van der Waals surface area contributed by atoms with Gasteiger partial charge < -0.3 is 9.64 Å². The fraction of sp³-hybridized carbons (Fsp3) is 0.556. The van der Waals surface area contributed by atoms with Crippen molar-refractivity contribution in [2.24, 2.45) is 0 Å². The van der Waals surface area contributed by atoms with Gasteiger partial charge >= 0.3 is 5.97 Å². The highest BCUT2D eigenvalue weighted by Gasteiger charge is 2.34. The maximum Gasteiger partial charge on any atom is 0.328 e. The summed E-state index contributed by atoms with van der Waals surface area (Å²) in [6.07, 6.45) is 2.18. The van der Waals surface area contributed by atoms with Crippen LogP contribution in [0.25, 0.3) is 0 Å². The van der Waals surface area contributed by atoms with Gasteiger partial charge in [0.05, 0.1) is 12.0 Å². The second kappa shape index (κ2) is 7.21. The first-order valence-corrected chi connectivity index (χ1v) is 8.34. The number of likely N-dealkylation sites (tertiary alicyclic amines) is 1. The zero-order valence-electron chi connectivity index (χ0n) is 15.1. The summed E-state index contributed by atoms with van der Waals surface area (Å²) in [5.41, 5.74) is 0.293. The van der Waals surface area contributed by atoms with Crippen LogP contribution in [-0.4, -0.2) is 41.4 Å². The average Bonchev–Trinajstić information content (AvgIpc) is 2.59. The second-order valence-corrected chi connectivity index (χ2v) is 7.27. The molecule has 1 unspecified atom stereocenters. The molecule has 0 bridgehead atoms. The summed E-state index contributed by atoms with van der Waals surface area (Å²) >= 11 is 0. The van der Waals surface area contributed by atoms with Crippen molar-refractivity contribution < 1.29 is 19.2 Å². The van der Waals surface area contributed by atoms with Gasteiger partial charge in [0.15, 0.2) is 0 Å². The zero-order chi connectivity index (χ0) is 18.8. The Morgan fingerprint density at radius 1 is 1.28 bits per heavy atom. The lowest BCUT2D eigenvalue weighted by Crippen LogP contribution is -2.48. The summed E-state index contributed by atoms with van der Waals surface area (Å²) in [5.74, 6) is -0.826. The van der Waals surface area contributed by atoms with Crippen LogP contribution in [0.2, 0.25) is 0 Å². The van der Waals surface area contributed by atoms with Gasteiger partial charge in [0.25, 0.3) is 11.6 Å². The number of piperidine rings is 1. The molecule has 1 aromatic carbocycles. The summed E-state index contributed by atoms with van der Waals surface area (Å²) in [6.45, 7) is 6.09. The molecule has 1 atom stereocenters. The Morgan fingerprint density at radius 3 is 2.52 bits per heavy atom. The summed E-state index contributed by atoms with van der Waals surface area (Å²) in [4.78, 5) is 37.3. The molecule has 1 aromatic rings. The highest BCUT2D eigenvalue weighted by Crippen LogP contribution is 2.32. The Morgan fingerprint density at radius 2 is 1.96 bits per heavy atom. The van der Waals surface area contributed by atoms with Gasteiger partial charge in [-0.15, -0.1) is 0 Å². The highest BCUT2D eigenvalue weighted by atomic mass is 16.6. The molecule has 136 valence electrons. The molecule has 0 saturated carbocycles. The number of carbonyl (C=O) groups excluding carboxylic acids is 2. The van der Waals surface area contributed by atoms with E-state index in [-0.39, 0.29) is 17.2 Å². The number of rotatable bonds is 3. The molecular weight excluding hydrogens is 324 g/mol. The molecule has 1 saturated heterocycles. The molecule has 7 nitrogen and oxygen atoms in total. The van der Waals surface area contributed by atoms with Crippen LogP contribution in [0.4, 0.5) is 5.69 Å². The van der Waals surface area contributed by atoms with Crippen LogP contribution in [0, 0.1) is 10.1 Å². The van der Waals surface area contributed by atoms with Crippen LogP contribution in [-0.2, 0) is 14.9 Å². The number of carbonyl (C=O) groups is 2. The third-order valence-electron chi connectivity index (χ3n) is 4.49. The Labute approximate surface area is 147 Å². The van der Waals surface area contributed by atoms with Crippen LogP contribution in [0.5, 0.6) is 0 Å². The van der Waals surface area contributed by atoms with Crippen molar-refractivity contribution in [3.05, 3.63) is 39.4 Å². The van der Waals surface area contributed by atoms with Crippen LogP contribution < -0.4 is 0 Å². The monoisotopic (exact) mass is 348 g/mol. The van der Waals surface area contributed by atoms with E-state index < -0.39 is 22.3 Å². The number of hydrogen-bond donors (Lipinski definition) is 0. The first kappa shape index (κ1) is 18.9. The quantitative estimate of drug-likeness (QED) is 0.476. The van der Waals surface area contributed by atoms with Gasteiger partial charge in [-0.05, 0) is 30.7 Å². The lowest BCUT2D eigenvalue weighted by Gasteiger charge is -2.33. The largest absolute Gasteiger partial charge is 0.467 e. The number of amides is 1. The van der Waals surface area contributed by atoms with E-state index in [1.54, 1.807) is 12.1 Å². The Kier molecular flexibility index (Phi) is 5.45. The number of ether oxygens (including phenoxy) is 1. The van der Waals surface area contributed by atoms with E-state index in [9.17, 15) is 19.7 Å². The molecule has 1 aliphatic rings. The molecule has 0 N–H and O–H groups in total. The van der Waals surface area contributed by atoms with Crippen LogP contribution in [0.3, 0.4) is 0 Å². The van der Waals surface area contributed by atoms with Gasteiger partial charge in [-0.2, -0.15) is 0 Å². The van der Waals surface area contributed by atoms with Gasteiger partial charge in [-0.3, -0.25) is 14.9 Å². The van der Waals surface area contributed by atoms with Gasteiger partial charge in [-0.1, -0.05) is 26.8 Å². The van der Waals surface area contributed by atoms with E-state index in [0.717, 1.165) is 12.8 Å². The van der Waals surface area contributed by atoms with E-state index in [1.807, 2.05) is 20.8 Å². The normalized spacial score (nSPS) is 17.9. The Balaban J connectivity index is 2.40. The van der Waals surface area contributed by atoms with E-state index in [2.05, 4.69) is 0 Å². The third-order valence-corrected chi connectivity index (χ3v) is 4.49. The number of esters is 1. The molecule has 25 heavy (non-hydrogen) atoms. The minimum absolute atomic E-state index is 0.0787. The second-order valence-electron chi connectivity index (χ2n) is 7.27. The third kappa shape index (κ3) is 3.97. The number of benzene rings is 1. The minimum Gasteiger partial charge on any atom is -0.467 e. The molecular formula is C18H24N2O5. The zero-order valence-corrected chi connectivity index (χ0v) is 15.1. The molecule has 0 spiro atoms. The van der Waals surface area contributed by atoms with Gasteiger partial charge in [0.1, 0.15) is 6.04 Å². The van der Waals surface area contributed by atoms with Crippen molar-refractivity contribution in [3.63, 3.8) is 0 Å². The molecule has 1 fully saturated rings. The molecule has 0 aliphatic carbocycles. The minimum atomic E-state index is -0.632. The molecule has 1 aliphatic heterocycles. The first-order chi connectivity index (χ1) is 11.7. The predicted octanol–water partition coefficient (Wildman–Crippen LogP) is 3.06. The van der Waals surface area contributed by atoms with E-state index in [0.29, 0.717) is 18.5 Å². The molecule has 2 rings (SSSR count). The number of nitro benzene ring substituents is 1. The van der Waals surface area contributed by atoms with Gasteiger partial charge in [0, 0.05) is 23.7 Å². The van der Waals surface area contributed by atoms with E-state index in [4.69, 9.17) is 4.74 Å². The van der Waals surface area contributed by atoms with Crippen molar-refractivity contribution in [1.29, 1.82) is 0 Å². The van der Waals surface area contributed by atoms with Gasteiger partial charge in [0.2, 0.25) is 0 Å². The summed E-state index contributed by atoms with van der Waals surface area (Å²) in [7, 11) is 1.29. The molecule has 7 heteroatoms. The molecule has 1 amide bonds. The average molecular weight is 348 g/mol. The SMILES string of the molecule is COC(=O)C1CCCCN1C(=O)c1ccc(C(C)(C)C)c([N+](=O)[O-])c1. The van der Waals surface area contributed by atoms with Crippen LogP contribution >= 0.6 is 0 Å². The predicted molar refractivity (Wildman–Crippen MR) is 92.5 cm³/mol. The van der Waals surface area contributed by atoms with Crippen molar-refractivity contribution in [2.45, 2.75) is 51.5 Å². The molecule has 0 aromatic heterocycles. The fourth-order valence-corrected chi connectivity index (χ4v) is 3.17. The maximum absolute atomic E-state index is 12.9. The molecule has 1 heterocycles.